The number of alkyl carbamates (subject to hydrolysis) is 1. The van der Waals surface area contributed by atoms with Crippen LogP contribution in [0, 0.1) is 0 Å². The highest BCUT2D eigenvalue weighted by atomic mass is 35.5. The summed E-state index contributed by atoms with van der Waals surface area (Å²) in [4.78, 5) is 29.4. The van der Waals surface area contributed by atoms with Gasteiger partial charge in [0.05, 0.1) is 13.2 Å². The number of amides is 1. The van der Waals surface area contributed by atoms with Gasteiger partial charge in [-0.25, -0.2) is 14.6 Å². The number of nitrogens with zero attached hydrogens (tertiary/aromatic N) is 1. The molecule has 1 atom stereocenters. The second-order valence-corrected chi connectivity index (χ2v) is 8.98. The molecule has 7 nitrogen and oxygen atoms in total. The Hall–Kier alpha value is -2.32. The van der Waals surface area contributed by atoms with Crippen molar-refractivity contribution >= 4 is 40.7 Å². The molecule has 29 heavy (non-hydrogen) atoms. The molecular formula is C20H26ClN3O4S. The van der Waals surface area contributed by atoms with Gasteiger partial charge in [-0.2, -0.15) is 0 Å². The molecule has 0 aliphatic rings. The largest absolute Gasteiger partial charge is 0.464 e. The van der Waals surface area contributed by atoms with E-state index in [9.17, 15) is 9.59 Å². The summed E-state index contributed by atoms with van der Waals surface area (Å²) < 4.78 is 10.8. The van der Waals surface area contributed by atoms with Gasteiger partial charge in [-0.15, -0.1) is 11.3 Å². The van der Waals surface area contributed by atoms with Gasteiger partial charge in [-0.1, -0.05) is 23.7 Å². The van der Waals surface area contributed by atoms with Crippen LogP contribution in [-0.4, -0.2) is 35.3 Å². The zero-order valence-electron chi connectivity index (χ0n) is 17.0. The molecule has 1 aromatic carbocycles. The van der Waals surface area contributed by atoms with Crippen molar-refractivity contribution in [2.75, 3.05) is 11.9 Å². The average Bonchev–Trinajstić information content (AvgIpc) is 3.04. The molecule has 0 bridgehead atoms. The van der Waals surface area contributed by atoms with Crippen molar-refractivity contribution in [2.45, 2.75) is 52.3 Å². The normalized spacial score (nSPS) is 12.2. The fourth-order valence-corrected chi connectivity index (χ4v) is 3.35. The monoisotopic (exact) mass is 439 g/mol. The minimum atomic E-state index is -0.831. The first-order chi connectivity index (χ1) is 13.7. The van der Waals surface area contributed by atoms with E-state index < -0.39 is 23.7 Å². The highest BCUT2D eigenvalue weighted by Crippen LogP contribution is 2.19. The number of ether oxygens (including phenoxy) is 2. The standard InChI is InChI=1S/C20H26ClN3O4S/c1-5-27-17(25)16(24-19(26)28-20(2,3)4)10-13-6-8-14(9-7-13)22-11-15-12-23-18(21)29-15/h6-9,12,16,22H,5,10-11H2,1-4H3,(H,24,26). The Labute approximate surface area is 179 Å². The summed E-state index contributed by atoms with van der Waals surface area (Å²) in [5, 5.41) is 5.89. The van der Waals surface area contributed by atoms with E-state index in [-0.39, 0.29) is 6.61 Å². The summed E-state index contributed by atoms with van der Waals surface area (Å²) in [5.74, 6) is -0.498. The number of halogens is 1. The Bertz CT molecular complexity index is 818. The second kappa shape index (κ2) is 10.5. The Morgan fingerprint density at radius 2 is 1.93 bits per heavy atom. The summed E-state index contributed by atoms with van der Waals surface area (Å²) >= 11 is 7.26. The predicted molar refractivity (Wildman–Crippen MR) is 114 cm³/mol. The van der Waals surface area contributed by atoms with Crippen molar-refractivity contribution in [2.24, 2.45) is 0 Å². The van der Waals surface area contributed by atoms with Crippen LogP contribution in [0.1, 0.15) is 38.1 Å². The van der Waals surface area contributed by atoms with Gasteiger partial charge in [0, 0.05) is 23.2 Å². The molecular weight excluding hydrogens is 414 g/mol. The third kappa shape index (κ3) is 8.29. The summed E-state index contributed by atoms with van der Waals surface area (Å²) in [6.07, 6.45) is 1.38. The zero-order chi connectivity index (χ0) is 21.4. The van der Waals surface area contributed by atoms with Gasteiger partial charge in [0.1, 0.15) is 11.6 Å². The van der Waals surface area contributed by atoms with E-state index >= 15 is 0 Å². The molecule has 1 aromatic heterocycles. The summed E-state index contributed by atoms with van der Waals surface area (Å²) in [7, 11) is 0. The van der Waals surface area contributed by atoms with Gasteiger partial charge < -0.3 is 20.1 Å². The maximum atomic E-state index is 12.3. The number of hydrogen-bond acceptors (Lipinski definition) is 7. The van der Waals surface area contributed by atoms with E-state index in [2.05, 4.69) is 15.6 Å². The van der Waals surface area contributed by atoms with Gasteiger partial charge in [0.15, 0.2) is 4.47 Å². The lowest BCUT2D eigenvalue weighted by Crippen LogP contribution is -2.45. The lowest BCUT2D eigenvalue weighted by molar-refractivity contribution is -0.145. The minimum absolute atomic E-state index is 0.232. The topological polar surface area (TPSA) is 89.5 Å². The first-order valence-corrected chi connectivity index (χ1v) is 10.4. The molecule has 0 radical (unpaired) electrons. The molecule has 1 amide bonds. The van der Waals surface area contributed by atoms with Crippen LogP contribution in [0.15, 0.2) is 30.5 Å². The number of carbonyl (C=O) groups excluding carboxylic acids is 2. The van der Waals surface area contributed by atoms with Crippen LogP contribution in [-0.2, 0) is 27.2 Å². The van der Waals surface area contributed by atoms with Gasteiger partial charge in [-0.3, -0.25) is 0 Å². The summed E-state index contributed by atoms with van der Waals surface area (Å²) in [6, 6.07) is 6.78. The Morgan fingerprint density at radius 3 is 2.48 bits per heavy atom. The van der Waals surface area contributed by atoms with E-state index in [4.69, 9.17) is 21.1 Å². The Kier molecular flexibility index (Phi) is 8.28. The minimum Gasteiger partial charge on any atom is -0.464 e. The quantitative estimate of drug-likeness (QED) is 0.592. The van der Waals surface area contributed by atoms with Crippen LogP contribution in [0.25, 0.3) is 0 Å². The van der Waals surface area contributed by atoms with Crippen LogP contribution < -0.4 is 10.6 Å². The number of thiazole rings is 1. The van der Waals surface area contributed by atoms with Crippen LogP contribution in [0.5, 0.6) is 0 Å². The fraction of sp³-hybridized carbons (Fsp3) is 0.450. The molecule has 0 saturated heterocycles. The number of carbonyl (C=O) groups is 2. The molecule has 158 valence electrons. The van der Waals surface area contributed by atoms with E-state index in [1.165, 1.54) is 11.3 Å². The van der Waals surface area contributed by atoms with E-state index in [1.807, 2.05) is 24.3 Å². The average molecular weight is 440 g/mol. The highest BCUT2D eigenvalue weighted by molar-refractivity contribution is 7.15. The molecule has 0 aliphatic carbocycles. The summed E-state index contributed by atoms with van der Waals surface area (Å²) in [6.45, 7) is 7.86. The van der Waals surface area contributed by atoms with Gasteiger partial charge >= 0.3 is 12.1 Å². The van der Waals surface area contributed by atoms with Gasteiger partial charge in [0.2, 0.25) is 0 Å². The number of rotatable bonds is 8. The molecule has 0 spiro atoms. The number of esters is 1. The SMILES string of the molecule is CCOC(=O)C(Cc1ccc(NCc2cnc(Cl)s2)cc1)NC(=O)OC(C)(C)C. The predicted octanol–water partition coefficient (Wildman–Crippen LogP) is 4.41. The van der Waals surface area contributed by atoms with Crippen molar-refractivity contribution in [1.82, 2.24) is 10.3 Å². The molecule has 2 rings (SSSR count). The first-order valence-electron chi connectivity index (χ1n) is 9.25. The van der Waals surface area contributed by atoms with Crippen LogP contribution in [0.3, 0.4) is 0 Å². The van der Waals surface area contributed by atoms with E-state index in [0.29, 0.717) is 17.4 Å². The van der Waals surface area contributed by atoms with Crippen molar-refractivity contribution in [3.05, 3.63) is 45.4 Å². The maximum Gasteiger partial charge on any atom is 0.408 e. The first kappa shape index (κ1) is 23.0. The molecule has 9 heteroatoms. The number of nitrogens with one attached hydrogen (secondary N) is 2. The number of anilines is 1. The second-order valence-electron chi connectivity index (χ2n) is 7.28. The molecule has 2 N–H and O–H groups in total. The number of benzene rings is 1. The Balaban J connectivity index is 1.97. The lowest BCUT2D eigenvalue weighted by Gasteiger charge is -2.23. The molecule has 1 heterocycles. The number of hydrogen-bond donors (Lipinski definition) is 2. The highest BCUT2D eigenvalue weighted by Gasteiger charge is 2.25. The van der Waals surface area contributed by atoms with Crippen molar-refractivity contribution in [1.29, 1.82) is 0 Å². The molecule has 0 saturated carbocycles. The van der Waals surface area contributed by atoms with E-state index in [0.717, 1.165) is 16.1 Å². The van der Waals surface area contributed by atoms with Gasteiger partial charge in [0.25, 0.3) is 0 Å². The maximum absolute atomic E-state index is 12.3. The lowest BCUT2D eigenvalue weighted by atomic mass is 10.1. The fourth-order valence-electron chi connectivity index (χ4n) is 2.43. The zero-order valence-corrected chi connectivity index (χ0v) is 18.5. The van der Waals surface area contributed by atoms with Crippen molar-refractivity contribution in [3.63, 3.8) is 0 Å². The van der Waals surface area contributed by atoms with Crippen molar-refractivity contribution < 1.29 is 19.1 Å². The summed E-state index contributed by atoms with van der Waals surface area (Å²) in [5.41, 5.74) is 1.15. The van der Waals surface area contributed by atoms with Crippen LogP contribution in [0.4, 0.5) is 10.5 Å². The van der Waals surface area contributed by atoms with Crippen molar-refractivity contribution in [3.8, 4) is 0 Å². The third-order valence-corrected chi connectivity index (χ3v) is 4.76. The van der Waals surface area contributed by atoms with Gasteiger partial charge in [-0.05, 0) is 45.4 Å². The molecule has 2 aromatic rings. The molecule has 0 fully saturated rings. The molecule has 0 aliphatic heterocycles. The smallest absolute Gasteiger partial charge is 0.408 e. The third-order valence-electron chi connectivity index (χ3n) is 3.65. The van der Waals surface area contributed by atoms with E-state index in [1.54, 1.807) is 33.9 Å². The molecule has 1 unspecified atom stereocenters. The van der Waals surface area contributed by atoms with Crippen LogP contribution in [0.2, 0.25) is 4.47 Å². The number of aromatic nitrogens is 1. The Morgan fingerprint density at radius 1 is 1.24 bits per heavy atom. The van der Waals surface area contributed by atoms with Crippen LogP contribution >= 0.6 is 22.9 Å².